The van der Waals surface area contributed by atoms with Crippen molar-refractivity contribution >= 4 is 27.6 Å². The van der Waals surface area contributed by atoms with Crippen LogP contribution < -0.4 is 5.32 Å². The molecule has 1 fully saturated rings. The fraction of sp³-hybridized carbons (Fsp3) is 0.474. The first kappa shape index (κ1) is 22.1. The molecular formula is C19H26N2O6S. The molecule has 1 heterocycles. The quantitative estimate of drug-likeness (QED) is 0.544. The number of aryl methyl sites for hydroxylation is 1. The maximum absolute atomic E-state index is 12.9. The average Bonchev–Trinajstić information content (AvgIpc) is 2.68. The molecule has 1 atom stereocenters. The van der Waals surface area contributed by atoms with Crippen LogP contribution in [-0.4, -0.2) is 57.0 Å². The van der Waals surface area contributed by atoms with E-state index in [4.69, 9.17) is 9.47 Å². The number of sulfonamides is 1. The number of carbonyl (C=O) groups excluding carboxylic acids is 2. The van der Waals surface area contributed by atoms with Crippen molar-refractivity contribution in [2.45, 2.75) is 38.2 Å². The summed E-state index contributed by atoms with van der Waals surface area (Å²) >= 11 is 0. The van der Waals surface area contributed by atoms with Crippen molar-refractivity contribution in [3.05, 3.63) is 35.9 Å². The van der Waals surface area contributed by atoms with E-state index < -0.39 is 28.0 Å². The molecule has 1 saturated heterocycles. The summed E-state index contributed by atoms with van der Waals surface area (Å²) in [6.45, 7) is 6.30. The first-order chi connectivity index (χ1) is 13.3. The Morgan fingerprint density at radius 2 is 2.00 bits per heavy atom. The van der Waals surface area contributed by atoms with E-state index in [0.29, 0.717) is 30.9 Å². The molecule has 1 unspecified atom stereocenters. The Kier molecular flexibility index (Phi) is 7.73. The van der Waals surface area contributed by atoms with E-state index in [1.165, 1.54) is 23.4 Å². The van der Waals surface area contributed by atoms with Crippen molar-refractivity contribution in [2.24, 2.45) is 0 Å². The summed E-state index contributed by atoms with van der Waals surface area (Å²) in [5, 5.41) is 2.60. The molecular weight excluding hydrogens is 384 g/mol. The third-order valence-electron chi connectivity index (χ3n) is 4.20. The molecule has 1 N–H and O–H groups in total. The summed E-state index contributed by atoms with van der Waals surface area (Å²) in [5.41, 5.74) is 0.892. The van der Waals surface area contributed by atoms with E-state index >= 15 is 0 Å². The van der Waals surface area contributed by atoms with Crippen molar-refractivity contribution < 1.29 is 27.5 Å². The third kappa shape index (κ3) is 5.63. The maximum Gasteiger partial charge on any atom is 0.331 e. The highest BCUT2D eigenvalue weighted by atomic mass is 32.2. The molecule has 28 heavy (non-hydrogen) atoms. The predicted octanol–water partition coefficient (Wildman–Crippen LogP) is 1.85. The van der Waals surface area contributed by atoms with Crippen LogP contribution in [0.2, 0.25) is 0 Å². The molecule has 1 aliphatic heterocycles. The zero-order valence-electron chi connectivity index (χ0n) is 16.3. The van der Waals surface area contributed by atoms with Gasteiger partial charge in [0.25, 0.3) is 5.91 Å². The summed E-state index contributed by atoms with van der Waals surface area (Å²) in [5.74, 6) is -1.15. The fourth-order valence-electron chi connectivity index (χ4n) is 2.61. The second-order valence-electron chi connectivity index (χ2n) is 6.38. The van der Waals surface area contributed by atoms with Gasteiger partial charge in [0.1, 0.15) is 0 Å². The Hall–Kier alpha value is -2.23. The highest BCUT2D eigenvalue weighted by Crippen LogP contribution is 2.24. The van der Waals surface area contributed by atoms with Crippen LogP contribution in [0.15, 0.2) is 35.2 Å². The molecule has 2 rings (SSSR count). The van der Waals surface area contributed by atoms with Gasteiger partial charge in [-0.15, -0.1) is 0 Å². The molecule has 0 aromatic heterocycles. The van der Waals surface area contributed by atoms with Crippen LogP contribution in [0.4, 0.5) is 5.69 Å². The average molecular weight is 410 g/mol. The first-order valence-corrected chi connectivity index (χ1v) is 10.6. The molecule has 1 aromatic carbocycles. The molecule has 0 spiro atoms. The van der Waals surface area contributed by atoms with Crippen LogP contribution in [-0.2, 0) is 29.1 Å². The number of hydrogen-bond donors (Lipinski definition) is 1. The number of ether oxygens (including phenoxy) is 2. The summed E-state index contributed by atoms with van der Waals surface area (Å²) in [4.78, 5) is 24.0. The first-order valence-electron chi connectivity index (χ1n) is 9.12. The van der Waals surface area contributed by atoms with Gasteiger partial charge < -0.3 is 14.8 Å². The van der Waals surface area contributed by atoms with E-state index in [9.17, 15) is 18.0 Å². The summed E-state index contributed by atoms with van der Waals surface area (Å²) in [6.07, 6.45) is 2.56. The Bertz CT molecular complexity index is 844. The molecule has 0 bridgehead atoms. The van der Waals surface area contributed by atoms with E-state index in [-0.39, 0.29) is 18.0 Å². The molecule has 1 aromatic rings. The van der Waals surface area contributed by atoms with Crippen molar-refractivity contribution in [3.8, 4) is 0 Å². The van der Waals surface area contributed by atoms with Gasteiger partial charge in [-0.3, -0.25) is 4.79 Å². The Morgan fingerprint density at radius 1 is 1.32 bits per heavy atom. The van der Waals surface area contributed by atoms with E-state index in [1.807, 2.05) is 6.92 Å². The molecule has 0 saturated carbocycles. The summed E-state index contributed by atoms with van der Waals surface area (Å²) < 4.78 is 37.4. The van der Waals surface area contributed by atoms with Crippen LogP contribution in [0.3, 0.4) is 0 Å². The number of carbonyl (C=O) groups is 2. The highest BCUT2D eigenvalue weighted by Gasteiger charge is 2.28. The SMILES string of the molecule is CCC=CC(=O)OC(C)C(=O)Nc1ccc(C)c(S(=O)(=O)N2CCOCC2)c1. The van der Waals surface area contributed by atoms with Gasteiger partial charge in [0.15, 0.2) is 6.10 Å². The molecule has 1 amide bonds. The van der Waals surface area contributed by atoms with Crippen LogP contribution in [0.25, 0.3) is 0 Å². The zero-order chi connectivity index (χ0) is 20.7. The number of anilines is 1. The van der Waals surface area contributed by atoms with Gasteiger partial charge >= 0.3 is 5.97 Å². The lowest BCUT2D eigenvalue weighted by molar-refractivity contribution is -0.148. The van der Waals surface area contributed by atoms with Crippen LogP contribution in [0.1, 0.15) is 25.8 Å². The number of amides is 1. The van der Waals surface area contributed by atoms with Gasteiger partial charge in [0.05, 0.1) is 18.1 Å². The molecule has 0 radical (unpaired) electrons. The van der Waals surface area contributed by atoms with E-state index in [0.717, 1.165) is 0 Å². The smallest absolute Gasteiger partial charge is 0.331 e. The highest BCUT2D eigenvalue weighted by molar-refractivity contribution is 7.89. The van der Waals surface area contributed by atoms with E-state index in [1.54, 1.807) is 25.1 Å². The monoisotopic (exact) mass is 410 g/mol. The summed E-state index contributed by atoms with van der Waals surface area (Å²) in [7, 11) is -3.69. The van der Waals surface area contributed by atoms with Crippen molar-refractivity contribution in [2.75, 3.05) is 31.6 Å². The second-order valence-corrected chi connectivity index (χ2v) is 8.28. The Balaban J connectivity index is 2.13. The van der Waals surface area contributed by atoms with Gasteiger partial charge in [-0.2, -0.15) is 4.31 Å². The number of rotatable bonds is 7. The number of hydrogen-bond acceptors (Lipinski definition) is 6. The molecule has 154 valence electrons. The zero-order valence-corrected chi connectivity index (χ0v) is 17.1. The molecule has 8 nitrogen and oxygen atoms in total. The van der Waals surface area contributed by atoms with Crippen molar-refractivity contribution in [1.82, 2.24) is 4.31 Å². The Labute approximate surface area is 165 Å². The number of allylic oxidation sites excluding steroid dienone is 1. The van der Waals surface area contributed by atoms with Crippen LogP contribution in [0, 0.1) is 6.92 Å². The van der Waals surface area contributed by atoms with Crippen molar-refractivity contribution in [1.29, 1.82) is 0 Å². The number of nitrogens with one attached hydrogen (secondary N) is 1. The number of benzene rings is 1. The molecule has 1 aliphatic rings. The fourth-order valence-corrected chi connectivity index (χ4v) is 4.27. The largest absolute Gasteiger partial charge is 0.449 e. The van der Waals surface area contributed by atoms with Gasteiger partial charge in [-0.25, -0.2) is 13.2 Å². The number of morpholine rings is 1. The van der Waals surface area contributed by atoms with Crippen LogP contribution >= 0.6 is 0 Å². The lowest BCUT2D eigenvalue weighted by atomic mass is 10.2. The second kappa shape index (κ2) is 9.81. The normalized spacial score (nSPS) is 16.7. The Morgan fingerprint density at radius 3 is 2.64 bits per heavy atom. The lowest BCUT2D eigenvalue weighted by Crippen LogP contribution is -2.40. The minimum atomic E-state index is -3.69. The van der Waals surface area contributed by atoms with Gasteiger partial charge in [-0.1, -0.05) is 19.1 Å². The topological polar surface area (TPSA) is 102 Å². The van der Waals surface area contributed by atoms with Gasteiger partial charge in [0.2, 0.25) is 10.0 Å². The maximum atomic E-state index is 12.9. The standard InChI is InChI=1S/C19H26N2O6S/c1-4-5-6-18(22)27-15(3)19(23)20-16-8-7-14(2)17(13-16)28(24,25)21-9-11-26-12-10-21/h5-8,13,15H,4,9-12H2,1-3H3,(H,20,23). The van der Waals surface area contributed by atoms with Gasteiger partial charge in [0, 0.05) is 24.9 Å². The minimum Gasteiger partial charge on any atom is -0.449 e. The van der Waals surface area contributed by atoms with E-state index in [2.05, 4.69) is 5.32 Å². The van der Waals surface area contributed by atoms with Gasteiger partial charge in [-0.05, 0) is 38.0 Å². The number of nitrogens with zero attached hydrogens (tertiary/aromatic N) is 1. The summed E-state index contributed by atoms with van der Waals surface area (Å²) in [6, 6.07) is 4.66. The minimum absolute atomic E-state index is 0.128. The molecule has 9 heteroatoms. The molecule has 0 aliphatic carbocycles. The third-order valence-corrected chi connectivity index (χ3v) is 6.24. The van der Waals surface area contributed by atoms with Crippen molar-refractivity contribution in [3.63, 3.8) is 0 Å². The predicted molar refractivity (Wildman–Crippen MR) is 104 cm³/mol. The lowest BCUT2D eigenvalue weighted by Gasteiger charge is -2.27. The number of esters is 1. The van der Waals surface area contributed by atoms with Crippen LogP contribution in [0.5, 0.6) is 0 Å².